The highest BCUT2D eigenvalue weighted by molar-refractivity contribution is 5.11. The molecule has 1 aromatic rings. The van der Waals surface area contributed by atoms with Gasteiger partial charge in [0.05, 0.1) is 6.20 Å². The highest BCUT2D eigenvalue weighted by Crippen LogP contribution is 2.27. The summed E-state index contributed by atoms with van der Waals surface area (Å²) in [6.45, 7) is 8.28. The summed E-state index contributed by atoms with van der Waals surface area (Å²) in [5.74, 6) is -0.249. The SMILES string of the molecule is CCC1(CC)CNCCN1Cc1cncc(F)c1. The second-order valence-corrected chi connectivity index (χ2v) is 5.04. The number of nitrogens with zero attached hydrogens (tertiary/aromatic N) is 2. The van der Waals surface area contributed by atoms with Gasteiger partial charge in [-0.1, -0.05) is 13.8 Å². The molecule has 0 spiro atoms. The minimum absolute atomic E-state index is 0.199. The van der Waals surface area contributed by atoms with E-state index in [-0.39, 0.29) is 11.4 Å². The molecule has 0 saturated carbocycles. The van der Waals surface area contributed by atoms with E-state index in [0.717, 1.165) is 44.6 Å². The fourth-order valence-corrected chi connectivity index (χ4v) is 2.84. The Morgan fingerprint density at radius 2 is 2.17 bits per heavy atom. The van der Waals surface area contributed by atoms with Crippen molar-refractivity contribution >= 4 is 0 Å². The van der Waals surface area contributed by atoms with E-state index in [2.05, 4.69) is 29.0 Å². The molecule has 0 bridgehead atoms. The minimum atomic E-state index is -0.249. The molecule has 1 fully saturated rings. The van der Waals surface area contributed by atoms with Crippen LogP contribution in [0.4, 0.5) is 4.39 Å². The van der Waals surface area contributed by atoms with Gasteiger partial charge in [-0.05, 0) is 24.5 Å². The molecule has 2 heterocycles. The zero-order chi connectivity index (χ0) is 13.0. The van der Waals surface area contributed by atoms with E-state index >= 15 is 0 Å². The van der Waals surface area contributed by atoms with Gasteiger partial charge in [0.1, 0.15) is 5.82 Å². The van der Waals surface area contributed by atoms with E-state index in [9.17, 15) is 4.39 Å². The second kappa shape index (κ2) is 5.76. The first kappa shape index (κ1) is 13.4. The second-order valence-electron chi connectivity index (χ2n) is 5.04. The van der Waals surface area contributed by atoms with Crippen LogP contribution in [0.3, 0.4) is 0 Å². The molecule has 100 valence electrons. The van der Waals surface area contributed by atoms with E-state index < -0.39 is 0 Å². The molecule has 0 atom stereocenters. The molecule has 0 amide bonds. The van der Waals surface area contributed by atoms with Crippen LogP contribution in [0.15, 0.2) is 18.5 Å². The molecule has 1 saturated heterocycles. The van der Waals surface area contributed by atoms with Gasteiger partial charge < -0.3 is 5.32 Å². The van der Waals surface area contributed by atoms with Crippen molar-refractivity contribution in [1.29, 1.82) is 0 Å². The summed E-state index contributed by atoms with van der Waals surface area (Å²) in [5, 5.41) is 3.47. The molecule has 0 aliphatic carbocycles. The van der Waals surface area contributed by atoms with E-state index in [4.69, 9.17) is 0 Å². The smallest absolute Gasteiger partial charge is 0.141 e. The summed E-state index contributed by atoms with van der Waals surface area (Å²) in [5.41, 5.74) is 1.16. The van der Waals surface area contributed by atoms with E-state index in [1.807, 2.05) is 0 Å². The average Bonchev–Trinajstić information content (AvgIpc) is 2.40. The standard InChI is InChI=1S/C14H22FN3/c1-3-14(4-2)11-16-5-6-18(14)10-12-7-13(15)9-17-8-12/h7-9,16H,3-6,10-11H2,1-2H3. The van der Waals surface area contributed by atoms with Gasteiger partial charge in [0.2, 0.25) is 0 Å². The van der Waals surface area contributed by atoms with Gasteiger partial charge in [0.15, 0.2) is 0 Å². The minimum Gasteiger partial charge on any atom is -0.314 e. The van der Waals surface area contributed by atoms with Crippen LogP contribution in [0.1, 0.15) is 32.3 Å². The Balaban J connectivity index is 2.15. The van der Waals surface area contributed by atoms with E-state index in [1.165, 1.54) is 6.20 Å². The van der Waals surface area contributed by atoms with Gasteiger partial charge >= 0.3 is 0 Å². The summed E-state index contributed by atoms with van der Waals surface area (Å²) in [6.07, 6.45) is 5.24. The number of aromatic nitrogens is 1. The van der Waals surface area contributed by atoms with Crippen molar-refractivity contribution in [2.45, 2.75) is 38.8 Å². The van der Waals surface area contributed by atoms with Crippen LogP contribution < -0.4 is 5.32 Å². The van der Waals surface area contributed by atoms with Crippen molar-refractivity contribution in [2.75, 3.05) is 19.6 Å². The Labute approximate surface area is 108 Å². The van der Waals surface area contributed by atoms with Gasteiger partial charge in [-0.25, -0.2) is 4.39 Å². The van der Waals surface area contributed by atoms with Gasteiger partial charge in [0, 0.05) is 37.9 Å². The largest absolute Gasteiger partial charge is 0.314 e. The van der Waals surface area contributed by atoms with Crippen molar-refractivity contribution in [2.24, 2.45) is 0 Å². The lowest BCUT2D eigenvalue weighted by Crippen LogP contribution is -2.60. The molecule has 1 aromatic heterocycles. The number of pyridine rings is 1. The lowest BCUT2D eigenvalue weighted by atomic mass is 9.88. The van der Waals surface area contributed by atoms with Crippen molar-refractivity contribution in [3.63, 3.8) is 0 Å². The number of rotatable bonds is 4. The number of hydrogen-bond donors (Lipinski definition) is 1. The molecular formula is C14H22FN3. The maximum Gasteiger partial charge on any atom is 0.141 e. The third-order valence-electron chi connectivity index (χ3n) is 4.13. The molecule has 0 aromatic carbocycles. The first-order valence-corrected chi connectivity index (χ1v) is 6.75. The van der Waals surface area contributed by atoms with Crippen molar-refractivity contribution in [3.05, 3.63) is 29.8 Å². The topological polar surface area (TPSA) is 28.2 Å². The Kier molecular flexibility index (Phi) is 4.30. The van der Waals surface area contributed by atoms with E-state index in [0.29, 0.717) is 0 Å². The normalized spacial score (nSPS) is 19.9. The van der Waals surface area contributed by atoms with Crippen LogP contribution in [-0.4, -0.2) is 35.1 Å². The Hall–Kier alpha value is -1.00. The first-order valence-electron chi connectivity index (χ1n) is 6.75. The van der Waals surface area contributed by atoms with Crippen molar-refractivity contribution in [1.82, 2.24) is 15.2 Å². The molecule has 18 heavy (non-hydrogen) atoms. The summed E-state index contributed by atoms with van der Waals surface area (Å²) < 4.78 is 13.2. The summed E-state index contributed by atoms with van der Waals surface area (Å²) >= 11 is 0. The van der Waals surface area contributed by atoms with Gasteiger partial charge in [0.25, 0.3) is 0 Å². The predicted octanol–water partition coefficient (Wildman–Crippen LogP) is 2.18. The Morgan fingerprint density at radius 1 is 1.39 bits per heavy atom. The first-order chi connectivity index (χ1) is 8.70. The number of nitrogens with one attached hydrogen (secondary N) is 1. The van der Waals surface area contributed by atoms with Crippen molar-refractivity contribution in [3.8, 4) is 0 Å². The van der Waals surface area contributed by atoms with Crippen LogP contribution in [0.2, 0.25) is 0 Å². The van der Waals surface area contributed by atoms with Crippen LogP contribution in [0.25, 0.3) is 0 Å². The van der Waals surface area contributed by atoms with Crippen LogP contribution >= 0.6 is 0 Å². The lowest BCUT2D eigenvalue weighted by molar-refractivity contribution is 0.0446. The molecule has 1 aliphatic heterocycles. The summed E-state index contributed by atoms with van der Waals surface area (Å²) in [4.78, 5) is 6.40. The van der Waals surface area contributed by atoms with Gasteiger partial charge in [-0.3, -0.25) is 9.88 Å². The summed E-state index contributed by atoms with van der Waals surface area (Å²) in [7, 11) is 0. The Morgan fingerprint density at radius 3 is 2.83 bits per heavy atom. The zero-order valence-electron chi connectivity index (χ0n) is 11.2. The third kappa shape index (κ3) is 2.70. The van der Waals surface area contributed by atoms with Crippen LogP contribution in [-0.2, 0) is 6.54 Å². The predicted molar refractivity (Wildman–Crippen MR) is 70.8 cm³/mol. The Bertz CT molecular complexity index is 390. The zero-order valence-corrected chi connectivity index (χ0v) is 11.2. The van der Waals surface area contributed by atoms with Crippen LogP contribution in [0, 0.1) is 5.82 Å². The molecule has 2 rings (SSSR count). The van der Waals surface area contributed by atoms with Gasteiger partial charge in [-0.2, -0.15) is 0 Å². The number of piperazine rings is 1. The van der Waals surface area contributed by atoms with Gasteiger partial charge in [-0.15, -0.1) is 0 Å². The molecular weight excluding hydrogens is 229 g/mol. The molecule has 4 heteroatoms. The fraction of sp³-hybridized carbons (Fsp3) is 0.643. The highest BCUT2D eigenvalue weighted by atomic mass is 19.1. The lowest BCUT2D eigenvalue weighted by Gasteiger charge is -2.47. The molecule has 3 nitrogen and oxygen atoms in total. The maximum atomic E-state index is 13.2. The quantitative estimate of drug-likeness (QED) is 0.889. The number of halogens is 1. The number of hydrogen-bond acceptors (Lipinski definition) is 3. The molecule has 1 aliphatic rings. The van der Waals surface area contributed by atoms with Crippen LogP contribution in [0.5, 0.6) is 0 Å². The monoisotopic (exact) mass is 251 g/mol. The van der Waals surface area contributed by atoms with Crippen molar-refractivity contribution < 1.29 is 4.39 Å². The van der Waals surface area contributed by atoms with E-state index in [1.54, 1.807) is 12.3 Å². The average molecular weight is 251 g/mol. The molecule has 0 radical (unpaired) electrons. The molecule has 0 unspecified atom stereocenters. The maximum absolute atomic E-state index is 13.2. The summed E-state index contributed by atoms with van der Waals surface area (Å²) in [6, 6.07) is 1.59. The highest BCUT2D eigenvalue weighted by Gasteiger charge is 2.35. The third-order valence-corrected chi connectivity index (χ3v) is 4.13. The molecule has 1 N–H and O–H groups in total. The fourth-order valence-electron chi connectivity index (χ4n) is 2.84.